The summed E-state index contributed by atoms with van der Waals surface area (Å²) in [6, 6.07) is 7.42. The van der Waals surface area contributed by atoms with Gasteiger partial charge in [-0.3, -0.25) is 4.79 Å². The van der Waals surface area contributed by atoms with Crippen LogP contribution in [0, 0.1) is 6.92 Å². The van der Waals surface area contributed by atoms with Crippen LogP contribution in [0.15, 0.2) is 24.3 Å². The van der Waals surface area contributed by atoms with Crippen LogP contribution in [0.3, 0.4) is 0 Å². The zero-order chi connectivity index (χ0) is 18.2. The predicted octanol–water partition coefficient (Wildman–Crippen LogP) is 3.48. The number of benzene rings is 1. The van der Waals surface area contributed by atoms with Crippen molar-refractivity contribution in [3.05, 3.63) is 35.5 Å². The highest BCUT2D eigenvalue weighted by Crippen LogP contribution is 2.26. The third kappa shape index (κ3) is 5.17. The Morgan fingerprint density at radius 3 is 2.40 bits per heavy atom. The second-order valence-electron chi connectivity index (χ2n) is 6.04. The number of aryl methyl sites for hydroxylation is 1. The summed E-state index contributed by atoms with van der Waals surface area (Å²) in [6.07, 6.45) is 6.01. The van der Waals surface area contributed by atoms with Crippen LogP contribution < -0.4 is 16.2 Å². The molecular weight excluding hydrogens is 316 g/mol. The number of nitrogens with two attached hydrogens (primary N) is 2. The first kappa shape index (κ1) is 18.7. The number of primary amides is 1. The molecule has 2 rings (SSSR count). The molecule has 6 heteroatoms. The minimum Gasteiger partial charge on any atom is -0.494 e. The number of ether oxygens (including phenoxy) is 1. The van der Waals surface area contributed by atoms with E-state index in [4.69, 9.17) is 16.2 Å². The zero-order valence-electron chi connectivity index (χ0n) is 14.9. The van der Waals surface area contributed by atoms with Crippen LogP contribution in [0.2, 0.25) is 0 Å². The van der Waals surface area contributed by atoms with Gasteiger partial charge < -0.3 is 16.2 Å². The fraction of sp³-hybridized carbons (Fsp3) is 0.421. The van der Waals surface area contributed by atoms with Gasteiger partial charge in [0.15, 0.2) is 0 Å². The first-order chi connectivity index (χ1) is 12.0. The van der Waals surface area contributed by atoms with Crippen molar-refractivity contribution in [3.63, 3.8) is 0 Å². The van der Waals surface area contributed by atoms with E-state index in [0.717, 1.165) is 17.7 Å². The Labute approximate surface area is 148 Å². The van der Waals surface area contributed by atoms with Crippen LogP contribution in [0.25, 0.3) is 11.3 Å². The second kappa shape index (κ2) is 9.01. The van der Waals surface area contributed by atoms with Gasteiger partial charge in [0.25, 0.3) is 5.91 Å². The van der Waals surface area contributed by atoms with E-state index in [1.165, 1.54) is 25.7 Å². The largest absolute Gasteiger partial charge is 0.494 e. The molecule has 1 amide bonds. The van der Waals surface area contributed by atoms with E-state index in [2.05, 4.69) is 16.9 Å². The van der Waals surface area contributed by atoms with E-state index in [0.29, 0.717) is 23.6 Å². The number of nitrogen functional groups attached to an aromatic ring is 1. The Kier molecular flexibility index (Phi) is 6.74. The summed E-state index contributed by atoms with van der Waals surface area (Å²) in [5.74, 6) is 0.337. The Bertz CT molecular complexity index is 714. The Hall–Kier alpha value is -2.63. The summed E-state index contributed by atoms with van der Waals surface area (Å²) in [6.45, 7) is 4.60. The molecule has 0 aliphatic carbocycles. The maximum absolute atomic E-state index is 11.7. The van der Waals surface area contributed by atoms with E-state index in [-0.39, 0.29) is 5.95 Å². The lowest BCUT2D eigenvalue weighted by molar-refractivity contribution is 0.0999. The lowest BCUT2D eigenvalue weighted by Gasteiger charge is -2.11. The van der Waals surface area contributed by atoms with E-state index in [1.807, 2.05) is 24.3 Å². The standard InChI is InChI=1S/C19H26N4O2/c1-3-4-5-6-7-12-25-15-10-8-14(9-11-15)17-16(18(20)24)13(2)22-19(21)23-17/h8-11H,3-7,12H2,1-2H3,(H2,20,24)(H2,21,22,23). The summed E-state index contributed by atoms with van der Waals surface area (Å²) in [5, 5.41) is 0. The number of hydrogen-bond acceptors (Lipinski definition) is 5. The number of rotatable bonds is 9. The van der Waals surface area contributed by atoms with Gasteiger partial charge in [-0.15, -0.1) is 0 Å². The average molecular weight is 342 g/mol. The molecule has 0 fully saturated rings. The average Bonchev–Trinajstić information content (AvgIpc) is 2.57. The van der Waals surface area contributed by atoms with Gasteiger partial charge >= 0.3 is 0 Å². The number of hydrogen-bond donors (Lipinski definition) is 2. The highest BCUT2D eigenvalue weighted by molar-refractivity contribution is 6.00. The summed E-state index contributed by atoms with van der Waals surface area (Å²) in [7, 11) is 0. The number of nitrogens with zero attached hydrogens (tertiary/aromatic N) is 2. The zero-order valence-corrected chi connectivity index (χ0v) is 14.9. The van der Waals surface area contributed by atoms with Gasteiger partial charge in [0.2, 0.25) is 5.95 Å². The molecule has 6 nitrogen and oxygen atoms in total. The molecule has 0 atom stereocenters. The lowest BCUT2D eigenvalue weighted by Crippen LogP contribution is -2.17. The van der Waals surface area contributed by atoms with Crippen molar-refractivity contribution in [2.45, 2.75) is 46.0 Å². The fourth-order valence-corrected chi connectivity index (χ4v) is 2.70. The number of carbonyl (C=O) groups is 1. The number of carbonyl (C=O) groups excluding carboxylic acids is 1. The monoisotopic (exact) mass is 342 g/mol. The SMILES string of the molecule is CCCCCCCOc1ccc(-c2nc(N)nc(C)c2C(N)=O)cc1. The normalized spacial score (nSPS) is 10.6. The van der Waals surface area contributed by atoms with Crippen molar-refractivity contribution < 1.29 is 9.53 Å². The number of unbranched alkanes of at least 4 members (excludes halogenated alkanes) is 4. The van der Waals surface area contributed by atoms with Crippen molar-refractivity contribution in [1.82, 2.24) is 9.97 Å². The topological polar surface area (TPSA) is 104 Å². The first-order valence-corrected chi connectivity index (χ1v) is 8.70. The van der Waals surface area contributed by atoms with Gasteiger partial charge in [-0.1, -0.05) is 32.6 Å². The van der Waals surface area contributed by atoms with Gasteiger partial charge in [0, 0.05) is 5.56 Å². The van der Waals surface area contributed by atoms with E-state index >= 15 is 0 Å². The van der Waals surface area contributed by atoms with Gasteiger partial charge in [0.1, 0.15) is 5.75 Å². The molecule has 1 heterocycles. The van der Waals surface area contributed by atoms with Crippen LogP contribution in [-0.2, 0) is 0 Å². The minimum absolute atomic E-state index is 0.116. The van der Waals surface area contributed by atoms with E-state index in [9.17, 15) is 4.79 Å². The molecule has 0 aliphatic rings. The maximum atomic E-state index is 11.7. The van der Waals surface area contributed by atoms with Crippen LogP contribution in [0.1, 0.15) is 55.1 Å². The van der Waals surface area contributed by atoms with Crippen LogP contribution in [-0.4, -0.2) is 22.5 Å². The molecule has 0 saturated carbocycles. The van der Waals surface area contributed by atoms with Gasteiger partial charge in [0.05, 0.1) is 23.6 Å². The first-order valence-electron chi connectivity index (χ1n) is 8.70. The third-order valence-corrected chi connectivity index (χ3v) is 4.00. The Morgan fingerprint density at radius 1 is 1.08 bits per heavy atom. The van der Waals surface area contributed by atoms with Crippen molar-refractivity contribution in [3.8, 4) is 17.0 Å². The van der Waals surface area contributed by atoms with Crippen molar-refractivity contribution >= 4 is 11.9 Å². The maximum Gasteiger partial charge on any atom is 0.252 e. The van der Waals surface area contributed by atoms with Crippen LogP contribution >= 0.6 is 0 Å². The Morgan fingerprint density at radius 2 is 1.76 bits per heavy atom. The molecule has 0 spiro atoms. The molecule has 0 bridgehead atoms. The molecule has 1 aromatic carbocycles. The second-order valence-corrected chi connectivity index (χ2v) is 6.04. The summed E-state index contributed by atoms with van der Waals surface area (Å²) < 4.78 is 5.75. The molecule has 2 aromatic rings. The predicted molar refractivity (Wildman–Crippen MR) is 99.4 cm³/mol. The molecule has 0 saturated heterocycles. The van der Waals surface area contributed by atoms with E-state index < -0.39 is 5.91 Å². The molecular formula is C19H26N4O2. The van der Waals surface area contributed by atoms with Crippen molar-refractivity contribution in [2.24, 2.45) is 5.73 Å². The third-order valence-electron chi connectivity index (χ3n) is 4.00. The van der Waals surface area contributed by atoms with Crippen LogP contribution in [0.4, 0.5) is 5.95 Å². The molecule has 25 heavy (non-hydrogen) atoms. The fourth-order valence-electron chi connectivity index (χ4n) is 2.70. The summed E-state index contributed by atoms with van der Waals surface area (Å²) >= 11 is 0. The van der Waals surface area contributed by atoms with Gasteiger partial charge in [-0.25, -0.2) is 9.97 Å². The smallest absolute Gasteiger partial charge is 0.252 e. The summed E-state index contributed by atoms with van der Waals surface area (Å²) in [5.41, 5.74) is 13.1. The Balaban J connectivity index is 2.06. The van der Waals surface area contributed by atoms with Crippen molar-refractivity contribution in [2.75, 3.05) is 12.3 Å². The highest BCUT2D eigenvalue weighted by Gasteiger charge is 2.17. The van der Waals surface area contributed by atoms with Gasteiger partial charge in [-0.05, 0) is 37.6 Å². The molecule has 134 valence electrons. The summed E-state index contributed by atoms with van der Waals surface area (Å²) in [4.78, 5) is 19.9. The molecule has 4 N–H and O–H groups in total. The van der Waals surface area contributed by atoms with Crippen LogP contribution in [0.5, 0.6) is 5.75 Å². The number of aromatic nitrogens is 2. The number of amides is 1. The molecule has 0 aliphatic heterocycles. The number of anilines is 1. The van der Waals surface area contributed by atoms with Crippen molar-refractivity contribution in [1.29, 1.82) is 0 Å². The minimum atomic E-state index is -0.570. The highest BCUT2D eigenvalue weighted by atomic mass is 16.5. The molecule has 0 radical (unpaired) electrons. The molecule has 1 aromatic heterocycles. The quantitative estimate of drug-likeness (QED) is 0.679. The van der Waals surface area contributed by atoms with E-state index in [1.54, 1.807) is 6.92 Å². The lowest BCUT2D eigenvalue weighted by atomic mass is 10.0. The van der Waals surface area contributed by atoms with Gasteiger partial charge in [-0.2, -0.15) is 0 Å². The molecule has 0 unspecified atom stereocenters.